The second-order valence-electron chi connectivity index (χ2n) is 2.84. The molecule has 1 aromatic rings. The molecule has 0 bridgehead atoms. The van der Waals surface area contributed by atoms with Crippen LogP contribution in [-0.2, 0) is 0 Å². The Morgan fingerprint density at radius 2 is 2.15 bits per heavy atom. The molecule has 1 aromatic carbocycles. The second-order valence-corrected chi connectivity index (χ2v) is 4.29. The maximum atomic E-state index is 5.66. The van der Waals surface area contributed by atoms with E-state index in [1.807, 2.05) is 25.1 Å². The molecule has 3 nitrogen and oxygen atoms in total. The van der Waals surface area contributed by atoms with E-state index in [1.54, 1.807) is 11.8 Å². The first kappa shape index (κ1) is 8.72. The van der Waals surface area contributed by atoms with Gasteiger partial charge >= 0.3 is 0 Å². The van der Waals surface area contributed by atoms with Crippen LogP contribution in [0.5, 0.6) is 11.5 Å². The maximum Gasteiger partial charge on any atom is 0.231 e. The molecule has 1 aliphatic rings. The molecule has 2 N–H and O–H groups in total. The predicted octanol–water partition coefficient (Wildman–Crippen LogP) is 1.81. The highest BCUT2D eigenvalue weighted by Gasteiger charge is 2.13. The van der Waals surface area contributed by atoms with Gasteiger partial charge in [0.2, 0.25) is 6.79 Å². The minimum absolute atomic E-state index is 0.0976. The van der Waals surface area contributed by atoms with E-state index in [0.29, 0.717) is 6.79 Å². The molecule has 4 heteroatoms. The summed E-state index contributed by atoms with van der Waals surface area (Å²) in [4.78, 5) is 1.11. The summed E-state index contributed by atoms with van der Waals surface area (Å²) in [6.45, 7) is 2.27. The average molecular weight is 197 g/mol. The van der Waals surface area contributed by atoms with Crippen molar-refractivity contribution >= 4 is 11.8 Å². The Bertz CT molecular complexity index is 314. The van der Waals surface area contributed by atoms with Crippen molar-refractivity contribution in [1.82, 2.24) is 0 Å². The van der Waals surface area contributed by atoms with Crippen molar-refractivity contribution in [2.24, 2.45) is 5.73 Å². The van der Waals surface area contributed by atoms with Crippen LogP contribution in [-0.4, -0.2) is 12.2 Å². The van der Waals surface area contributed by atoms with Gasteiger partial charge in [-0.25, -0.2) is 0 Å². The van der Waals surface area contributed by atoms with Crippen LogP contribution in [0.3, 0.4) is 0 Å². The van der Waals surface area contributed by atoms with Crippen LogP contribution in [0.4, 0.5) is 0 Å². The van der Waals surface area contributed by atoms with E-state index in [-0.39, 0.29) is 5.37 Å². The standard InChI is InChI=1S/C9H11NO2S/c1-6(10)13-7-2-3-8-9(4-7)12-5-11-8/h2-4,6H,5,10H2,1H3. The normalized spacial score (nSPS) is 15.8. The van der Waals surface area contributed by atoms with Crippen LogP contribution in [0.15, 0.2) is 23.1 Å². The third-order valence-corrected chi connectivity index (χ3v) is 2.56. The molecule has 2 rings (SSSR count). The summed E-state index contributed by atoms with van der Waals surface area (Å²) in [6.07, 6.45) is 0. The van der Waals surface area contributed by atoms with E-state index in [2.05, 4.69) is 0 Å². The quantitative estimate of drug-likeness (QED) is 0.580. The van der Waals surface area contributed by atoms with Gasteiger partial charge < -0.3 is 15.2 Å². The van der Waals surface area contributed by atoms with Crippen LogP contribution < -0.4 is 15.2 Å². The molecule has 0 radical (unpaired) electrons. The Morgan fingerprint density at radius 1 is 1.38 bits per heavy atom. The fraction of sp³-hybridized carbons (Fsp3) is 0.333. The largest absolute Gasteiger partial charge is 0.454 e. The number of ether oxygens (including phenoxy) is 2. The molecule has 0 saturated carbocycles. The van der Waals surface area contributed by atoms with E-state index >= 15 is 0 Å². The van der Waals surface area contributed by atoms with Gasteiger partial charge in [-0.1, -0.05) is 0 Å². The Balaban J connectivity index is 2.21. The van der Waals surface area contributed by atoms with Gasteiger partial charge in [0.1, 0.15) is 0 Å². The third-order valence-electron chi connectivity index (χ3n) is 1.67. The smallest absolute Gasteiger partial charge is 0.231 e. The number of benzene rings is 1. The van der Waals surface area contributed by atoms with Crippen LogP contribution in [0, 0.1) is 0 Å². The Hall–Kier alpha value is -0.870. The lowest BCUT2D eigenvalue weighted by Gasteiger charge is -2.05. The van der Waals surface area contributed by atoms with Crippen molar-refractivity contribution in [1.29, 1.82) is 0 Å². The second kappa shape index (κ2) is 3.47. The molecule has 0 fully saturated rings. The number of hydrogen-bond acceptors (Lipinski definition) is 4. The van der Waals surface area contributed by atoms with Crippen molar-refractivity contribution < 1.29 is 9.47 Å². The first-order valence-electron chi connectivity index (χ1n) is 4.07. The summed E-state index contributed by atoms with van der Waals surface area (Å²) in [5.41, 5.74) is 5.66. The molecule has 70 valence electrons. The highest BCUT2D eigenvalue weighted by Crippen LogP contribution is 2.35. The number of fused-ring (bicyclic) bond motifs is 1. The summed E-state index contributed by atoms with van der Waals surface area (Å²) in [6, 6.07) is 5.85. The first-order chi connectivity index (χ1) is 6.25. The first-order valence-corrected chi connectivity index (χ1v) is 4.95. The molecule has 0 aromatic heterocycles. The average Bonchev–Trinajstić information content (AvgIpc) is 2.49. The number of rotatable bonds is 2. The number of thioether (sulfide) groups is 1. The zero-order valence-electron chi connectivity index (χ0n) is 7.32. The summed E-state index contributed by atoms with van der Waals surface area (Å²) in [5, 5.41) is 0.0976. The van der Waals surface area contributed by atoms with Crippen LogP contribution in [0.1, 0.15) is 6.92 Å². The maximum absolute atomic E-state index is 5.66. The highest BCUT2D eigenvalue weighted by molar-refractivity contribution is 7.99. The van der Waals surface area contributed by atoms with Crippen molar-refractivity contribution in [2.75, 3.05) is 6.79 Å². The predicted molar refractivity (Wildman–Crippen MR) is 52.1 cm³/mol. The SMILES string of the molecule is CC(N)Sc1ccc2c(c1)OCO2. The molecule has 13 heavy (non-hydrogen) atoms. The van der Waals surface area contributed by atoms with Gasteiger partial charge in [-0.15, -0.1) is 11.8 Å². The molecule has 1 unspecified atom stereocenters. The van der Waals surface area contributed by atoms with Crippen molar-refractivity contribution in [3.8, 4) is 11.5 Å². The summed E-state index contributed by atoms with van der Waals surface area (Å²) < 4.78 is 10.4. The summed E-state index contributed by atoms with van der Waals surface area (Å²) in [5.74, 6) is 1.62. The van der Waals surface area contributed by atoms with Crippen molar-refractivity contribution in [3.05, 3.63) is 18.2 Å². The minimum atomic E-state index is 0.0976. The zero-order valence-corrected chi connectivity index (χ0v) is 8.14. The fourth-order valence-corrected chi connectivity index (χ4v) is 1.92. The fourth-order valence-electron chi connectivity index (χ4n) is 1.16. The van der Waals surface area contributed by atoms with E-state index in [1.165, 1.54) is 0 Å². The van der Waals surface area contributed by atoms with Gasteiger partial charge in [-0.3, -0.25) is 0 Å². The minimum Gasteiger partial charge on any atom is -0.454 e. The van der Waals surface area contributed by atoms with E-state index in [9.17, 15) is 0 Å². The highest BCUT2D eigenvalue weighted by atomic mass is 32.2. The van der Waals surface area contributed by atoms with Crippen molar-refractivity contribution in [2.45, 2.75) is 17.2 Å². The monoisotopic (exact) mass is 197 g/mol. The topological polar surface area (TPSA) is 44.5 Å². The molecule has 0 saturated heterocycles. The molecule has 0 spiro atoms. The Kier molecular flexibility index (Phi) is 2.33. The van der Waals surface area contributed by atoms with Crippen LogP contribution in [0.25, 0.3) is 0 Å². The van der Waals surface area contributed by atoms with Crippen molar-refractivity contribution in [3.63, 3.8) is 0 Å². The lowest BCUT2D eigenvalue weighted by Crippen LogP contribution is -2.08. The number of nitrogens with two attached hydrogens (primary N) is 1. The molecule has 0 aliphatic carbocycles. The van der Waals surface area contributed by atoms with Gasteiger partial charge in [0.25, 0.3) is 0 Å². The third kappa shape index (κ3) is 1.89. The van der Waals surface area contributed by atoms with Crippen LogP contribution >= 0.6 is 11.8 Å². The van der Waals surface area contributed by atoms with Gasteiger partial charge in [-0.05, 0) is 25.1 Å². The van der Waals surface area contributed by atoms with Gasteiger partial charge in [0.15, 0.2) is 11.5 Å². The molecule has 1 heterocycles. The molecular formula is C9H11NO2S. The molecular weight excluding hydrogens is 186 g/mol. The van der Waals surface area contributed by atoms with Crippen LogP contribution in [0.2, 0.25) is 0 Å². The molecule has 1 aliphatic heterocycles. The zero-order chi connectivity index (χ0) is 9.26. The van der Waals surface area contributed by atoms with Gasteiger partial charge in [-0.2, -0.15) is 0 Å². The number of hydrogen-bond donors (Lipinski definition) is 1. The van der Waals surface area contributed by atoms with Gasteiger partial charge in [0, 0.05) is 4.90 Å². The lowest BCUT2D eigenvalue weighted by molar-refractivity contribution is 0.174. The molecule has 0 amide bonds. The lowest BCUT2D eigenvalue weighted by atomic mass is 10.3. The van der Waals surface area contributed by atoms with E-state index in [4.69, 9.17) is 15.2 Å². The Morgan fingerprint density at radius 3 is 2.92 bits per heavy atom. The summed E-state index contributed by atoms with van der Waals surface area (Å²) in [7, 11) is 0. The van der Waals surface area contributed by atoms with Gasteiger partial charge in [0.05, 0.1) is 5.37 Å². The van der Waals surface area contributed by atoms with E-state index in [0.717, 1.165) is 16.4 Å². The Labute approximate surface area is 81.2 Å². The van der Waals surface area contributed by atoms with E-state index < -0.39 is 0 Å². The molecule has 1 atom stereocenters. The summed E-state index contributed by atoms with van der Waals surface area (Å²) >= 11 is 1.61.